The summed E-state index contributed by atoms with van der Waals surface area (Å²) < 4.78 is 6.04. The van der Waals surface area contributed by atoms with Crippen LogP contribution < -0.4 is 5.32 Å². The molecule has 1 aliphatic rings. The minimum Gasteiger partial charge on any atom is -0.375 e. The van der Waals surface area contributed by atoms with Crippen molar-refractivity contribution < 1.29 is 4.74 Å². The van der Waals surface area contributed by atoms with E-state index < -0.39 is 0 Å². The average Bonchev–Trinajstić information content (AvgIpc) is 2.56. The van der Waals surface area contributed by atoms with Crippen LogP contribution in [0.15, 0.2) is 0 Å². The molecule has 1 N–H and O–H groups in total. The predicted molar refractivity (Wildman–Crippen MR) is 78.8 cm³/mol. The smallest absolute Gasteiger partial charge is 0.0597 e. The van der Waals surface area contributed by atoms with Gasteiger partial charge in [0.25, 0.3) is 0 Å². The van der Waals surface area contributed by atoms with E-state index in [2.05, 4.69) is 46.9 Å². The summed E-state index contributed by atoms with van der Waals surface area (Å²) in [5.41, 5.74) is 0. The average molecular weight is 255 g/mol. The zero-order valence-electron chi connectivity index (χ0n) is 13.2. The summed E-state index contributed by atoms with van der Waals surface area (Å²) >= 11 is 0. The zero-order valence-corrected chi connectivity index (χ0v) is 13.2. The van der Waals surface area contributed by atoms with Gasteiger partial charge >= 0.3 is 0 Å². The molecule has 1 rings (SSSR count). The molecule has 2 heteroatoms. The molecule has 0 aromatic carbocycles. The Morgan fingerprint density at radius 2 is 1.72 bits per heavy atom. The van der Waals surface area contributed by atoms with E-state index in [1.807, 2.05) is 0 Å². The van der Waals surface area contributed by atoms with Crippen LogP contribution in [0.25, 0.3) is 0 Å². The van der Waals surface area contributed by atoms with Crippen molar-refractivity contribution in [2.45, 2.75) is 79.1 Å². The van der Waals surface area contributed by atoms with Crippen molar-refractivity contribution in [1.82, 2.24) is 5.32 Å². The Bertz CT molecular complexity index is 231. The van der Waals surface area contributed by atoms with Crippen LogP contribution in [0.4, 0.5) is 0 Å². The fraction of sp³-hybridized carbons (Fsp3) is 1.00. The van der Waals surface area contributed by atoms with Gasteiger partial charge in [0.1, 0.15) is 0 Å². The highest BCUT2D eigenvalue weighted by atomic mass is 16.5. The molecule has 0 saturated carbocycles. The molecule has 1 fully saturated rings. The first-order valence-electron chi connectivity index (χ1n) is 7.91. The van der Waals surface area contributed by atoms with Crippen LogP contribution >= 0.6 is 0 Å². The van der Waals surface area contributed by atoms with Crippen molar-refractivity contribution in [2.75, 3.05) is 6.54 Å². The number of ether oxygens (including phenoxy) is 1. The molecule has 2 nitrogen and oxygen atoms in total. The quantitative estimate of drug-likeness (QED) is 0.746. The Hall–Kier alpha value is -0.0800. The van der Waals surface area contributed by atoms with Gasteiger partial charge in [0, 0.05) is 12.0 Å². The van der Waals surface area contributed by atoms with Gasteiger partial charge in [0.05, 0.1) is 12.2 Å². The van der Waals surface area contributed by atoms with E-state index in [0.717, 1.165) is 12.5 Å². The van der Waals surface area contributed by atoms with E-state index in [1.54, 1.807) is 0 Å². The Kier molecular flexibility index (Phi) is 6.65. The summed E-state index contributed by atoms with van der Waals surface area (Å²) in [5.74, 6) is 2.06. The van der Waals surface area contributed by atoms with Crippen molar-refractivity contribution >= 4 is 0 Å². The molecule has 0 aromatic rings. The first-order valence-corrected chi connectivity index (χ1v) is 7.91. The van der Waals surface area contributed by atoms with Crippen molar-refractivity contribution in [3.63, 3.8) is 0 Å². The van der Waals surface area contributed by atoms with Gasteiger partial charge in [-0.1, -0.05) is 34.1 Å². The Morgan fingerprint density at radius 1 is 1.06 bits per heavy atom. The van der Waals surface area contributed by atoms with Gasteiger partial charge in [-0.25, -0.2) is 0 Å². The summed E-state index contributed by atoms with van der Waals surface area (Å²) in [4.78, 5) is 0. The third-order valence-electron chi connectivity index (χ3n) is 4.72. The second kappa shape index (κ2) is 7.49. The lowest BCUT2D eigenvalue weighted by atomic mass is 9.77. The maximum Gasteiger partial charge on any atom is 0.0597 e. The lowest BCUT2D eigenvalue weighted by molar-refractivity contribution is 0.0446. The van der Waals surface area contributed by atoms with E-state index in [0.29, 0.717) is 30.1 Å². The van der Waals surface area contributed by atoms with Crippen molar-refractivity contribution in [1.29, 1.82) is 0 Å². The highest BCUT2D eigenvalue weighted by Gasteiger charge is 2.42. The summed E-state index contributed by atoms with van der Waals surface area (Å²) in [7, 11) is 0. The molecular formula is C16H33NO. The van der Waals surface area contributed by atoms with Crippen molar-refractivity contribution in [3.05, 3.63) is 0 Å². The van der Waals surface area contributed by atoms with E-state index in [9.17, 15) is 0 Å². The predicted octanol–water partition coefficient (Wildman–Crippen LogP) is 3.85. The zero-order chi connectivity index (χ0) is 13.7. The van der Waals surface area contributed by atoms with Crippen LogP contribution in [0.1, 0.15) is 60.8 Å². The van der Waals surface area contributed by atoms with Gasteiger partial charge in [-0.3, -0.25) is 0 Å². The highest BCUT2D eigenvalue weighted by molar-refractivity contribution is 4.93. The molecular weight excluding hydrogens is 222 g/mol. The Morgan fingerprint density at radius 3 is 2.17 bits per heavy atom. The first kappa shape index (κ1) is 16.0. The van der Waals surface area contributed by atoms with E-state index in [1.165, 1.54) is 19.3 Å². The molecule has 0 spiro atoms. The highest BCUT2D eigenvalue weighted by Crippen LogP contribution is 2.37. The third-order valence-corrected chi connectivity index (χ3v) is 4.72. The van der Waals surface area contributed by atoms with Crippen LogP contribution in [-0.2, 0) is 4.74 Å². The van der Waals surface area contributed by atoms with Gasteiger partial charge in [-0.05, 0) is 45.1 Å². The number of hydrogen-bond acceptors (Lipinski definition) is 2. The van der Waals surface area contributed by atoms with Crippen LogP contribution in [0.2, 0.25) is 0 Å². The molecule has 0 radical (unpaired) electrons. The summed E-state index contributed by atoms with van der Waals surface area (Å²) in [5, 5.41) is 3.80. The van der Waals surface area contributed by atoms with Gasteiger partial charge in [0.2, 0.25) is 0 Å². The van der Waals surface area contributed by atoms with Gasteiger partial charge in [-0.15, -0.1) is 0 Å². The van der Waals surface area contributed by atoms with Crippen LogP contribution in [-0.4, -0.2) is 24.8 Å². The van der Waals surface area contributed by atoms with Crippen molar-refractivity contribution in [2.24, 2.45) is 17.8 Å². The number of nitrogens with one attached hydrogen (secondary N) is 1. The topological polar surface area (TPSA) is 21.3 Å². The largest absolute Gasteiger partial charge is 0.375 e. The third kappa shape index (κ3) is 3.71. The monoisotopic (exact) mass is 255 g/mol. The molecule has 6 atom stereocenters. The molecule has 0 bridgehead atoms. The normalized spacial score (nSPS) is 35.7. The first-order chi connectivity index (χ1) is 8.52. The second-order valence-electron chi connectivity index (χ2n) is 6.23. The molecule has 0 aromatic heterocycles. The lowest BCUT2D eigenvalue weighted by Crippen LogP contribution is -2.46. The molecule has 108 valence electrons. The summed E-state index contributed by atoms with van der Waals surface area (Å²) in [6.07, 6.45) is 4.60. The van der Waals surface area contributed by atoms with Crippen LogP contribution in [0.3, 0.4) is 0 Å². The maximum absolute atomic E-state index is 6.04. The summed E-state index contributed by atoms with van der Waals surface area (Å²) in [6.45, 7) is 14.9. The minimum atomic E-state index is 0.392. The second-order valence-corrected chi connectivity index (χ2v) is 6.23. The van der Waals surface area contributed by atoms with E-state index in [4.69, 9.17) is 4.74 Å². The fourth-order valence-electron chi connectivity index (χ4n) is 3.58. The Balaban J connectivity index is 2.74. The lowest BCUT2D eigenvalue weighted by Gasteiger charge is -2.34. The fourth-order valence-corrected chi connectivity index (χ4v) is 3.58. The van der Waals surface area contributed by atoms with Gasteiger partial charge in [-0.2, -0.15) is 0 Å². The Labute approximate surface area is 114 Å². The molecule has 18 heavy (non-hydrogen) atoms. The minimum absolute atomic E-state index is 0.392. The van der Waals surface area contributed by atoms with E-state index >= 15 is 0 Å². The number of hydrogen-bond donors (Lipinski definition) is 1. The molecule has 0 amide bonds. The molecule has 1 heterocycles. The molecule has 0 aliphatic carbocycles. The van der Waals surface area contributed by atoms with Crippen LogP contribution in [0, 0.1) is 17.8 Å². The summed E-state index contributed by atoms with van der Waals surface area (Å²) in [6, 6.07) is 0.611. The van der Waals surface area contributed by atoms with Gasteiger partial charge < -0.3 is 10.1 Å². The van der Waals surface area contributed by atoms with Crippen molar-refractivity contribution in [3.8, 4) is 0 Å². The van der Waals surface area contributed by atoms with Gasteiger partial charge in [0.15, 0.2) is 0 Å². The SMILES string of the molecule is CCCNC(C(C)CCC)C1C(C)OC(C)C1C. The number of rotatable bonds is 7. The molecule has 1 saturated heterocycles. The molecule has 1 aliphatic heterocycles. The standard InChI is InChI=1S/C16H33NO/c1-7-9-11(3)16(17-10-8-2)15-12(4)13(5)18-14(15)6/h11-17H,7-10H2,1-6H3. The molecule has 6 unspecified atom stereocenters. The van der Waals surface area contributed by atoms with E-state index in [-0.39, 0.29) is 0 Å². The maximum atomic E-state index is 6.04. The van der Waals surface area contributed by atoms with Crippen LogP contribution in [0.5, 0.6) is 0 Å².